The minimum absolute atomic E-state index is 0.198. The van der Waals surface area contributed by atoms with Gasteiger partial charge in [0.05, 0.1) is 18.5 Å². The summed E-state index contributed by atoms with van der Waals surface area (Å²) in [6.07, 6.45) is 1.61. The monoisotopic (exact) mass is 250 g/mol. The van der Waals surface area contributed by atoms with Crippen molar-refractivity contribution in [3.8, 4) is 0 Å². The van der Waals surface area contributed by atoms with E-state index in [-0.39, 0.29) is 18.2 Å². The Morgan fingerprint density at radius 1 is 1.38 bits per heavy atom. The van der Waals surface area contributed by atoms with E-state index in [9.17, 15) is 8.42 Å². The third kappa shape index (κ3) is 4.78. The van der Waals surface area contributed by atoms with Gasteiger partial charge < -0.3 is 4.74 Å². The molecule has 1 rings (SSSR count). The van der Waals surface area contributed by atoms with Crippen molar-refractivity contribution >= 4 is 10.0 Å². The van der Waals surface area contributed by atoms with Crippen molar-refractivity contribution in [3.05, 3.63) is 0 Å². The van der Waals surface area contributed by atoms with E-state index in [4.69, 9.17) is 4.74 Å². The number of nitrogens with zero attached hydrogens (tertiary/aromatic N) is 1. The lowest BCUT2D eigenvalue weighted by molar-refractivity contribution is -0.0776. The summed E-state index contributed by atoms with van der Waals surface area (Å²) in [4.78, 5) is 2.26. The molecule has 1 aliphatic rings. The summed E-state index contributed by atoms with van der Waals surface area (Å²) >= 11 is 0. The lowest BCUT2D eigenvalue weighted by Crippen LogP contribution is -2.52. The van der Waals surface area contributed by atoms with Crippen LogP contribution in [0.2, 0.25) is 0 Å². The second kappa shape index (κ2) is 5.44. The molecule has 0 bridgehead atoms. The molecule has 16 heavy (non-hydrogen) atoms. The van der Waals surface area contributed by atoms with Crippen molar-refractivity contribution in [2.45, 2.75) is 39.0 Å². The van der Waals surface area contributed by atoms with E-state index in [1.165, 1.54) is 6.26 Å². The van der Waals surface area contributed by atoms with Gasteiger partial charge >= 0.3 is 0 Å². The number of hydrogen-bond acceptors (Lipinski definition) is 4. The molecule has 5 nitrogen and oxygen atoms in total. The summed E-state index contributed by atoms with van der Waals surface area (Å²) in [5, 5.41) is 0. The number of nitrogens with one attached hydrogen (secondary N) is 1. The van der Waals surface area contributed by atoms with Gasteiger partial charge in [0.2, 0.25) is 10.0 Å². The summed E-state index contributed by atoms with van der Waals surface area (Å²) < 4.78 is 30.2. The summed E-state index contributed by atoms with van der Waals surface area (Å²) in [6.45, 7) is 8.29. The van der Waals surface area contributed by atoms with Crippen LogP contribution in [-0.2, 0) is 14.8 Å². The average Bonchev–Trinajstić information content (AvgIpc) is 2.11. The fourth-order valence-electron chi connectivity index (χ4n) is 1.98. The van der Waals surface area contributed by atoms with Gasteiger partial charge in [-0.05, 0) is 20.8 Å². The minimum Gasteiger partial charge on any atom is -0.373 e. The van der Waals surface area contributed by atoms with Gasteiger partial charge in [-0.25, -0.2) is 13.1 Å². The standard InChI is InChI=1S/C10H22N2O3S/c1-8(5-11-16(4,13)14)12-6-9(2)15-10(3)7-12/h8-11H,5-7H2,1-4H3/t8-,9-,10+/m0/s1. The lowest BCUT2D eigenvalue weighted by Gasteiger charge is -2.38. The minimum atomic E-state index is -3.09. The molecule has 96 valence electrons. The second-order valence-electron chi connectivity index (χ2n) is 4.68. The van der Waals surface area contributed by atoms with E-state index >= 15 is 0 Å². The molecule has 1 fully saturated rings. The van der Waals surface area contributed by atoms with Crippen LogP contribution in [0, 0.1) is 0 Å². The first-order valence-electron chi connectivity index (χ1n) is 5.62. The van der Waals surface area contributed by atoms with Gasteiger partial charge in [0.1, 0.15) is 0 Å². The summed E-state index contributed by atoms with van der Waals surface area (Å²) in [5.74, 6) is 0. The van der Waals surface area contributed by atoms with Crippen LogP contribution < -0.4 is 4.72 Å². The molecule has 0 aromatic carbocycles. The maximum absolute atomic E-state index is 11.0. The molecular formula is C10H22N2O3S. The highest BCUT2D eigenvalue weighted by molar-refractivity contribution is 7.88. The van der Waals surface area contributed by atoms with E-state index in [0.29, 0.717) is 6.54 Å². The Morgan fingerprint density at radius 2 is 1.88 bits per heavy atom. The Kier molecular flexibility index (Phi) is 4.73. The van der Waals surface area contributed by atoms with Crippen LogP contribution in [0.25, 0.3) is 0 Å². The molecule has 0 saturated carbocycles. The maximum Gasteiger partial charge on any atom is 0.208 e. The quantitative estimate of drug-likeness (QED) is 0.765. The molecule has 0 radical (unpaired) electrons. The average molecular weight is 250 g/mol. The van der Waals surface area contributed by atoms with Crippen molar-refractivity contribution < 1.29 is 13.2 Å². The highest BCUT2D eigenvalue weighted by Gasteiger charge is 2.25. The molecule has 0 aromatic rings. The smallest absolute Gasteiger partial charge is 0.208 e. The molecule has 1 heterocycles. The van der Waals surface area contributed by atoms with Crippen molar-refractivity contribution in [1.82, 2.24) is 9.62 Å². The molecule has 1 aliphatic heterocycles. The first-order chi connectivity index (χ1) is 7.28. The SMILES string of the molecule is C[C@@H]1CN([C@@H](C)CNS(C)(=O)=O)C[C@H](C)O1. The van der Waals surface area contributed by atoms with Gasteiger partial charge in [0.15, 0.2) is 0 Å². The maximum atomic E-state index is 11.0. The topological polar surface area (TPSA) is 58.6 Å². The predicted molar refractivity (Wildman–Crippen MR) is 63.9 cm³/mol. The number of ether oxygens (including phenoxy) is 1. The molecule has 3 atom stereocenters. The van der Waals surface area contributed by atoms with Gasteiger partial charge in [-0.1, -0.05) is 0 Å². The Labute approximate surface area is 98.2 Å². The second-order valence-corrected chi connectivity index (χ2v) is 6.51. The molecular weight excluding hydrogens is 228 g/mol. The third-order valence-electron chi connectivity index (χ3n) is 2.71. The van der Waals surface area contributed by atoms with Crippen LogP contribution in [0.5, 0.6) is 0 Å². The Bertz CT molecular complexity index is 308. The van der Waals surface area contributed by atoms with Gasteiger partial charge in [0.25, 0.3) is 0 Å². The fourth-order valence-corrected chi connectivity index (χ4v) is 2.52. The summed E-state index contributed by atoms with van der Waals surface area (Å²) in [6, 6.07) is 0.198. The molecule has 0 aliphatic carbocycles. The van der Waals surface area contributed by atoms with E-state index in [2.05, 4.69) is 9.62 Å². The van der Waals surface area contributed by atoms with Crippen molar-refractivity contribution in [2.75, 3.05) is 25.9 Å². The van der Waals surface area contributed by atoms with Gasteiger partial charge in [-0.15, -0.1) is 0 Å². The third-order valence-corrected chi connectivity index (χ3v) is 3.40. The van der Waals surface area contributed by atoms with Gasteiger partial charge in [0, 0.05) is 25.7 Å². The largest absolute Gasteiger partial charge is 0.373 e. The number of sulfonamides is 1. The number of rotatable bonds is 4. The Morgan fingerprint density at radius 3 is 2.31 bits per heavy atom. The molecule has 0 aromatic heterocycles. The first-order valence-corrected chi connectivity index (χ1v) is 7.51. The summed E-state index contributed by atoms with van der Waals surface area (Å²) in [5.41, 5.74) is 0. The normalized spacial score (nSPS) is 30.2. The Balaban J connectivity index is 2.44. The molecule has 0 spiro atoms. The van der Waals surface area contributed by atoms with Crippen LogP contribution in [0.4, 0.5) is 0 Å². The van der Waals surface area contributed by atoms with Crippen LogP contribution in [-0.4, -0.2) is 57.5 Å². The zero-order valence-electron chi connectivity index (χ0n) is 10.4. The van der Waals surface area contributed by atoms with Crippen LogP contribution in [0.1, 0.15) is 20.8 Å². The van der Waals surface area contributed by atoms with E-state index < -0.39 is 10.0 Å². The van der Waals surface area contributed by atoms with Crippen molar-refractivity contribution in [3.63, 3.8) is 0 Å². The number of morpholine rings is 1. The Hall–Kier alpha value is -0.170. The van der Waals surface area contributed by atoms with Crippen LogP contribution in [0.3, 0.4) is 0 Å². The van der Waals surface area contributed by atoms with Gasteiger partial charge in [-0.2, -0.15) is 0 Å². The number of hydrogen-bond donors (Lipinski definition) is 1. The molecule has 1 N–H and O–H groups in total. The zero-order chi connectivity index (χ0) is 12.3. The molecule has 0 amide bonds. The molecule has 6 heteroatoms. The van der Waals surface area contributed by atoms with Gasteiger partial charge in [-0.3, -0.25) is 4.90 Å². The first kappa shape index (κ1) is 13.9. The summed E-state index contributed by atoms with van der Waals surface area (Å²) in [7, 11) is -3.09. The molecule has 0 unspecified atom stereocenters. The molecule has 1 saturated heterocycles. The highest BCUT2D eigenvalue weighted by Crippen LogP contribution is 2.13. The van der Waals surface area contributed by atoms with E-state index in [0.717, 1.165) is 13.1 Å². The zero-order valence-corrected chi connectivity index (χ0v) is 11.3. The van der Waals surface area contributed by atoms with Crippen molar-refractivity contribution in [2.24, 2.45) is 0 Å². The predicted octanol–water partition coefficient (Wildman–Crippen LogP) is 0.0333. The van der Waals surface area contributed by atoms with Crippen molar-refractivity contribution in [1.29, 1.82) is 0 Å². The lowest BCUT2D eigenvalue weighted by atomic mass is 10.2. The highest BCUT2D eigenvalue weighted by atomic mass is 32.2. The van der Waals surface area contributed by atoms with Crippen LogP contribution in [0.15, 0.2) is 0 Å². The fraction of sp³-hybridized carbons (Fsp3) is 1.00. The van der Waals surface area contributed by atoms with Crippen LogP contribution >= 0.6 is 0 Å². The van der Waals surface area contributed by atoms with E-state index in [1.807, 2.05) is 20.8 Å². The van der Waals surface area contributed by atoms with E-state index in [1.54, 1.807) is 0 Å².